The number of amides is 2. The summed E-state index contributed by atoms with van der Waals surface area (Å²) in [6.45, 7) is 4.74. The van der Waals surface area contributed by atoms with Gasteiger partial charge in [-0.25, -0.2) is 12.8 Å². The van der Waals surface area contributed by atoms with Crippen molar-refractivity contribution in [1.82, 2.24) is 10.2 Å². The van der Waals surface area contributed by atoms with Crippen LogP contribution in [0.5, 0.6) is 5.75 Å². The lowest BCUT2D eigenvalue weighted by Gasteiger charge is -2.32. The minimum Gasteiger partial charge on any atom is -0.495 e. The largest absolute Gasteiger partial charge is 0.495 e. The maximum Gasteiger partial charge on any atom is 0.264 e. The Morgan fingerprint density at radius 1 is 0.949 bits per heavy atom. The van der Waals surface area contributed by atoms with Crippen LogP contribution in [0.25, 0.3) is 0 Å². The molecule has 0 heterocycles. The van der Waals surface area contributed by atoms with Gasteiger partial charge >= 0.3 is 0 Å². The Labute approximate surface area is 229 Å². The number of nitrogens with zero attached hydrogens (tertiary/aromatic N) is 2. The molecule has 8 nitrogen and oxygen atoms in total. The third kappa shape index (κ3) is 7.35. The van der Waals surface area contributed by atoms with E-state index in [0.29, 0.717) is 12.0 Å². The van der Waals surface area contributed by atoms with Crippen LogP contribution in [0, 0.1) is 5.82 Å². The van der Waals surface area contributed by atoms with E-state index in [0.717, 1.165) is 4.31 Å². The number of ether oxygens (including phenoxy) is 1. The molecular weight excluding hydrogens is 521 g/mol. The molecule has 0 unspecified atom stereocenters. The summed E-state index contributed by atoms with van der Waals surface area (Å²) in [5.41, 5.74) is 0.762. The van der Waals surface area contributed by atoms with E-state index >= 15 is 0 Å². The average molecular weight is 556 g/mol. The third-order valence-corrected chi connectivity index (χ3v) is 8.17. The van der Waals surface area contributed by atoms with Gasteiger partial charge in [0.2, 0.25) is 11.8 Å². The molecule has 0 saturated carbocycles. The fourth-order valence-corrected chi connectivity index (χ4v) is 5.35. The molecule has 1 N–H and O–H groups in total. The van der Waals surface area contributed by atoms with Gasteiger partial charge in [-0.1, -0.05) is 49.4 Å². The number of hydrogen-bond acceptors (Lipinski definition) is 5. The van der Waals surface area contributed by atoms with Gasteiger partial charge in [0, 0.05) is 12.6 Å². The Balaban J connectivity index is 2.04. The van der Waals surface area contributed by atoms with E-state index < -0.39 is 34.3 Å². The van der Waals surface area contributed by atoms with Gasteiger partial charge in [-0.2, -0.15) is 0 Å². The number of halogens is 1. The number of rotatable bonds is 12. The maximum absolute atomic E-state index is 13.9. The van der Waals surface area contributed by atoms with E-state index in [4.69, 9.17) is 4.74 Å². The number of benzene rings is 3. The topological polar surface area (TPSA) is 96.0 Å². The van der Waals surface area contributed by atoms with E-state index in [1.54, 1.807) is 49.4 Å². The number of hydrogen-bond donors (Lipinski definition) is 1. The highest BCUT2D eigenvalue weighted by Gasteiger charge is 2.33. The molecular formula is C29H34FN3O5S. The van der Waals surface area contributed by atoms with Crippen LogP contribution < -0.4 is 14.4 Å². The highest BCUT2D eigenvalue weighted by molar-refractivity contribution is 7.92. The summed E-state index contributed by atoms with van der Waals surface area (Å²) < 4.78 is 47.6. The molecule has 0 aliphatic carbocycles. The molecule has 208 valence electrons. The molecule has 0 radical (unpaired) electrons. The first-order valence-corrected chi connectivity index (χ1v) is 14.1. The Kier molecular flexibility index (Phi) is 10.1. The molecule has 0 spiro atoms. The van der Waals surface area contributed by atoms with Gasteiger partial charge in [0.15, 0.2) is 0 Å². The average Bonchev–Trinajstić information content (AvgIpc) is 2.95. The van der Waals surface area contributed by atoms with E-state index in [1.165, 1.54) is 48.4 Å². The van der Waals surface area contributed by atoms with Crippen LogP contribution in [-0.2, 0) is 26.2 Å². The molecule has 0 bridgehead atoms. The fourth-order valence-electron chi connectivity index (χ4n) is 3.90. The van der Waals surface area contributed by atoms with Crippen molar-refractivity contribution in [3.63, 3.8) is 0 Å². The third-order valence-electron chi connectivity index (χ3n) is 6.40. The molecule has 10 heteroatoms. The van der Waals surface area contributed by atoms with Gasteiger partial charge in [-0.3, -0.25) is 13.9 Å². The Hall–Kier alpha value is -3.92. The number of carbonyl (C=O) groups is 2. The van der Waals surface area contributed by atoms with Crippen molar-refractivity contribution in [2.24, 2.45) is 0 Å². The van der Waals surface area contributed by atoms with Crippen molar-refractivity contribution in [1.29, 1.82) is 0 Å². The zero-order chi connectivity index (χ0) is 28.6. The normalized spacial score (nSPS) is 12.7. The zero-order valence-electron chi connectivity index (χ0n) is 22.5. The predicted octanol–water partition coefficient (Wildman–Crippen LogP) is 4.36. The SMILES string of the molecule is CC[C@H](C)NC(=O)[C@@H](C)N(Cc1ccc(F)cc1)C(=O)CN(c1ccccc1OC)S(=O)(=O)c1ccccc1. The van der Waals surface area contributed by atoms with Crippen LogP contribution in [0.2, 0.25) is 0 Å². The molecule has 0 aliphatic rings. The zero-order valence-corrected chi connectivity index (χ0v) is 23.3. The standard InChI is InChI=1S/C29H34FN3O5S/c1-5-21(2)31-29(35)22(3)32(19-23-15-17-24(30)18-16-23)28(34)20-33(26-13-9-10-14-27(26)38-4)39(36,37)25-11-7-6-8-12-25/h6-18,21-22H,5,19-20H2,1-4H3,(H,31,35)/t21-,22+/m0/s1. The molecule has 3 aromatic rings. The lowest BCUT2D eigenvalue weighted by molar-refractivity contribution is -0.139. The van der Waals surface area contributed by atoms with Crippen LogP contribution in [0.1, 0.15) is 32.8 Å². The minimum atomic E-state index is -4.21. The van der Waals surface area contributed by atoms with Crippen molar-refractivity contribution in [2.45, 2.75) is 50.7 Å². The van der Waals surface area contributed by atoms with Gasteiger partial charge in [-0.15, -0.1) is 0 Å². The number of nitrogens with one attached hydrogen (secondary N) is 1. The number of carbonyl (C=O) groups excluding carboxylic acids is 2. The van der Waals surface area contributed by atoms with Gasteiger partial charge < -0.3 is 15.0 Å². The molecule has 3 rings (SSSR count). The number of methoxy groups -OCH3 is 1. The van der Waals surface area contributed by atoms with Gasteiger partial charge in [-0.05, 0) is 62.2 Å². The predicted molar refractivity (Wildman–Crippen MR) is 148 cm³/mol. The van der Waals surface area contributed by atoms with Crippen LogP contribution >= 0.6 is 0 Å². The second-order valence-electron chi connectivity index (χ2n) is 9.14. The van der Waals surface area contributed by atoms with Crippen LogP contribution in [0.4, 0.5) is 10.1 Å². The van der Waals surface area contributed by atoms with Gasteiger partial charge in [0.25, 0.3) is 10.0 Å². The molecule has 0 saturated heterocycles. The summed E-state index contributed by atoms with van der Waals surface area (Å²) in [6.07, 6.45) is 0.696. The Morgan fingerprint density at radius 3 is 2.18 bits per heavy atom. The number of anilines is 1. The fraction of sp³-hybridized carbons (Fsp3) is 0.310. The van der Waals surface area contributed by atoms with Crippen molar-refractivity contribution < 1.29 is 27.1 Å². The lowest BCUT2D eigenvalue weighted by Crippen LogP contribution is -2.52. The highest BCUT2D eigenvalue weighted by Crippen LogP contribution is 2.32. The molecule has 0 aliphatic heterocycles. The molecule has 0 aromatic heterocycles. The van der Waals surface area contributed by atoms with Gasteiger partial charge in [0.05, 0.1) is 17.7 Å². The minimum absolute atomic E-state index is 0.00338. The van der Waals surface area contributed by atoms with E-state index in [-0.39, 0.29) is 34.8 Å². The van der Waals surface area contributed by atoms with Crippen LogP contribution in [0.3, 0.4) is 0 Å². The molecule has 0 fully saturated rings. The molecule has 39 heavy (non-hydrogen) atoms. The maximum atomic E-state index is 13.9. The van der Waals surface area contributed by atoms with Crippen molar-refractivity contribution >= 4 is 27.5 Å². The second kappa shape index (κ2) is 13.2. The first-order chi connectivity index (χ1) is 18.6. The Morgan fingerprint density at radius 2 is 1.56 bits per heavy atom. The number of para-hydroxylation sites is 2. The molecule has 2 amide bonds. The van der Waals surface area contributed by atoms with Crippen molar-refractivity contribution in [2.75, 3.05) is 18.0 Å². The van der Waals surface area contributed by atoms with E-state index in [9.17, 15) is 22.4 Å². The lowest BCUT2D eigenvalue weighted by atomic mass is 10.1. The first kappa shape index (κ1) is 29.6. The summed E-state index contributed by atoms with van der Waals surface area (Å²) in [4.78, 5) is 28.3. The first-order valence-electron chi connectivity index (χ1n) is 12.6. The van der Waals surface area contributed by atoms with Crippen LogP contribution in [-0.4, -0.2) is 50.9 Å². The monoisotopic (exact) mass is 555 g/mol. The number of sulfonamides is 1. The summed E-state index contributed by atoms with van der Waals surface area (Å²) in [7, 11) is -2.79. The second-order valence-corrected chi connectivity index (χ2v) is 11.0. The van der Waals surface area contributed by atoms with Crippen molar-refractivity contribution in [3.05, 3.63) is 90.2 Å². The smallest absolute Gasteiger partial charge is 0.264 e. The molecule has 2 atom stereocenters. The van der Waals surface area contributed by atoms with Crippen molar-refractivity contribution in [3.8, 4) is 5.75 Å². The van der Waals surface area contributed by atoms with E-state index in [2.05, 4.69) is 5.32 Å². The Bertz CT molecular complexity index is 1370. The van der Waals surface area contributed by atoms with E-state index in [1.807, 2.05) is 13.8 Å². The highest BCUT2D eigenvalue weighted by atomic mass is 32.2. The summed E-state index contributed by atoms with van der Waals surface area (Å²) in [6, 6.07) is 18.8. The quantitative estimate of drug-likeness (QED) is 0.358. The summed E-state index contributed by atoms with van der Waals surface area (Å²) in [5.74, 6) is -1.17. The molecule has 3 aromatic carbocycles. The van der Waals surface area contributed by atoms with Gasteiger partial charge in [0.1, 0.15) is 24.2 Å². The summed E-state index contributed by atoms with van der Waals surface area (Å²) in [5, 5.41) is 2.87. The van der Waals surface area contributed by atoms with Crippen LogP contribution in [0.15, 0.2) is 83.8 Å². The summed E-state index contributed by atoms with van der Waals surface area (Å²) >= 11 is 0.